The molecule has 34 heavy (non-hydrogen) atoms. The molecule has 0 saturated heterocycles. The molecule has 164 valence electrons. The molecule has 0 saturated carbocycles. The lowest BCUT2D eigenvalue weighted by molar-refractivity contribution is 1.03. The number of anilines is 1. The van der Waals surface area contributed by atoms with E-state index in [9.17, 15) is 4.79 Å². The van der Waals surface area contributed by atoms with Crippen molar-refractivity contribution in [2.75, 3.05) is 5.32 Å². The minimum Gasteiger partial charge on any atom is -0.364 e. The van der Waals surface area contributed by atoms with E-state index in [1.54, 1.807) is 12.4 Å². The standard InChI is InChI=1S/C26H19N7O/c34-26-31-21-13-17(14-28-24(21)33-26)23-30-20-11-6-10-19(16-7-2-1-3-8-16)22(20)25(32-23)29-15-18-9-4-5-12-27-18/h1-14H,15H2,(H,29,30,32)(H2,28,31,33,34). The van der Waals surface area contributed by atoms with Crippen molar-refractivity contribution in [3.8, 4) is 22.5 Å². The van der Waals surface area contributed by atoms with Gasteiger partial charge in [-0.05, 0) is 35.4 Å². The first-order valence-electron chi connectivity index (χ1n) is 10.8. The normalized spacial score (nSPS) is 11.2. The molecule has 0 aliphatic carbocycles. The molecule has 4 heterocycles. The number of hydrogen-bond acceptors (Lipinski definition) is 6. The van der Waals surface area contributed by atoms with Crippen molar-refractivity contribution in [2.24, 2.45) is 0 Å². The third-order valence-corrected chi connectivity index (χ3v) is 5.60. The van der Waals surface area contributed by atoms with Crippen LogP contribution in [0.4, 0.5) is 5.82 Å². The van der Waals surface area contributed by atoms with Crippen LogP contribution in [0.25, 0.3) is 44.6 Å². The van der Waals surface area contributed by atoms with Crippen LogP contribution in [0, 0.1) is 0 Å². The van der Waals surface area contributed by atoms with Crippen molar-refractivity contribution in [2.45, 2.75) is 6.54 Å². The molecule has 0 aliphatic rings. The third-order valence-electron chi connectivity index (χ3n) is 5.60. The number of nitrogens with zero attached hydrogens (tertiary/aromatic N) is 4. The zero-order valence-electron chi connectivity index (χ0n) is 18.0. The molecule has 0 unspecified atom stereocenters. The number of benzene rings is 2. The zero-order chi connectivity index (χ0) is 22.9. The van der Waals surface area contributed by atoms with Crippen LogP contribution in [0.2, 0.25) is 0 Å². The van der Waals surface area contributed by atoms with E-state index in [1.807, 2.05) is 54.6 Å². The molecular formula is C26H19N7O. The van der Waals surface area contributed by atoms with E-state index in [2.05, 4.69) is 43.5 Å². The summed E-state index contributed by atoms with van der Waals surface area (Å²) in [4.78, 5) is 35.6. The Kier molecular flexibility index (Phi) is 4.81. The van der Waals surface area contributed by atoms with Crippen LogP contribution in [0.5, 0.6) is 0 Å². The van der Waals surface area contributed by atoms with Crippen molar-refractivity contribution < 1.29 is 0 Å². The molecule has 8 heteroatoms. The van der Waals surface area contributed by atoms with E-state index in [0.717, 1.165) is 27.7 Å². The highest BCUT2D eigenvalue weighted by Gasteiger charge is 2.15. The topological polar surface area (TPSA) is 112 Å². The molecule has 0 aliphatic heterocycles. The number of pyridine rings is 2. The highest BCUT2D eigenvalue weighted by molar-refractivity contribution is 6.02. The molecule has 0 radical (unpaired) electrons. The van der Waals surface area contributed by atoms with E-state index >= 15 is 0 Å². The van der Waals surface area contributed by atoms with Gasteiger partial charge >= 0.3 is 5.69 Å². The number of aromatic nitrogens is 6. The van der Waals surface area contributed by atoms with Gasteiger partial charge in [-0.2, -0.15) is 0 Å². The first-order chi connectivity index (χ1) is 16.7. The second-order valence-corrected chi connectivity index (χ2v) is 7.84. The smallest absolute Gasteiger partial charge is 0.325 e. The Morgan fingerprint density at radius 3 is 2.56 bits per heavy atom. The first-order valence-corrected chi connectivity index (χ1v) is 10.8. The minimum absolute atomic E-state index is 0.302. The van der Waals surface area contributed by atoms with E-state index in [-0.39, 0.29) is 5.69 Å². The number of imidazole rings is 1. The molecule has 6 rings (SSSR count). The Balaban J connectivity index is 1.53. The average Bonchev–Trinajstić information content (AvgIpc) is 3.27. The Labute approximate surface area is 193 Å². The monoisotopic (exact) mass is 445 g/mol. The van der Waals surface area contributed by atoms with Gasteiger partial charge in [0.1, 0.15) is 5.82 Å². The van der Waals surface area contributed by atoms with Crippen LogP contribution in [-0.2, 0) is 6.54 Å². The SMILES string of the molecule is O=c1[nH]c2cc(-c3nc(NCc4ccccn4)c4c(-c5ccccc5)cccc4n3)cnc2[nH]1. The van der Waals surface area contributed by atoms with Gasteiger partial charge in [0, 0.05) is 18.0 Å². The number of fused-ring (bicyclic) bond motifs is 2. The minimum atomic E-state index is -0.302. The number of hydrogen-bond donors (Lipinski definition) is 3. The van der Waals surface area contributed by atoms with Gasteiger partial charge in [-0.25, -0.2) is 19.7 Å². The second kappa shape index (κ2) is 8.25. The van der Waals surface area contributed by atoms with Gasteiger partial charge in [0.2, 0.25) is 0 Å². The fourth-order valence-corrected chi connectivity index (χ4v) is 4.02. The van der Waals surface area contributed by atoms with Crippen molar-refractivity contribution >= 4 is 27.9 Å². The molecule has 0 atom stereocenters. The largest absolute Gasteiger partial charge is 0.364 e. The molecule has 3 N–H and O–H groups in total. The second-order valence-electron chi connectivity index (χ2n) is 7.84. The summed E-state index contributed by atoms with van der Waals surface area (Å²) in [6.07, 6.45) is 3.44. The molecule has 0 spiro atoms. The lowest BCUT2D eigenvalue weighted by Gasteiger charge is -2.14. The highest BCUT2D eigenvalue weighted by atomic mass is 16.1. The molecule has 4 aromatic heterocycles. The maximum atomic E-state index is 11.7. The van der Waals surface area contributed by atoms with Crippen molar-refractivity contribution in [1.82, 2.24) is 29.9 Å². The Morgan fingerprint density at radius 2 is 1.71 bits per heavy atom. The summed E-state index contributed by atoms with van der Waals surface area (Å²) in [6, 6.07) is 23.9. The predicted molar refractivity (Wildman–Crippen MR) is 132 cm³/mol. The number of rotatable bonds is 5. The molecular weight excluding hydrogens is 426 g/mol. The van der Waals surface area contributed by atoms with Gasteiger partial charge in [0.15, 0.2) is 11.5 Å². The van der Waals surface area contributed by atoms with Gasteiger partial charge in [-0.3, -0.25) is 9.97 Å². The van der Waals surface area contributed by atoms with Crippen molar-refractivity contribution in [1.29, 1.82) is 0 Å². The van der Waals surface area contributed by atoms with E-state index < -0.39 is 0 Å². The summed E-state index contributed by atoms with van der Waals surface area (Å²) < 4.78 is 0. The Bertz CT molecular complexity index is 1670. The Hall–Kier alpha value is -4.85. The fraction of sp³-hybridized carbons (Fsp3) is 0.0385. The maximum absolute atomic E-state index is 11.7. The van der Waals surface area contributed by atoms with Crippen LogP contribution in [0.15, 0.2) is 90.0 Å². The number of aromatic amines is 2. The molecule has 8 nitrogen and oxygen atoms in total. The number of nitrogens with one attached hydrogen (secondary N) is 3. The lowest BCUT2D eigenvalue weighted by atomic mass is 10.0. The van der Waals surface area contributed by atoms with Gasteiger partial charge in [-0.1, -0.05) is 48.5 Å². The molecule has 0 bridgehead atoms. The van der Waals surface area contributed by atoms with Gasteiger partial charge in [-0.15, -0.1) is 0 Å². The van der Waals surface area contributed by atoms with Crippen LogP contribution in [-0.4, -0.2) is 29.9 Å². The summed E-state index contributed by atoms with van der Waals surface area (Å²) in [7, 11) is 0. The van der Waals surface area contributed by atoms with Gasteiger partial charge < -0.3 is 10.3 Å². The van der Waals surface area contributed by atoms with Gasteiger partial charge in [0.25, 0.3) is 0 Å². The fourth-order valence-electron chi connectivity index (χ4n) is 4.02. The quantitative estimate of drug-likeness (QED) is 0.359. The van der Waals surface area contributed by atoms with Crippen LogP contribution in [0.1, 0.15) is 5.69 Å². The van der Waals surface area contributed by atoms with Crippen LogP contribution < -0.4 is 11.0 Å². The summed E-state index contributed by atoms with van der Waals surface area (Å²) in [5, 5.41) is 4.40. The van der Waals surface area contributed by atoms with E-state index in [1.165, 1.54) is 0 Å². The molecule has 0 amide bonds. The van der Waals surface area contributed by atoms with Gasteiger partial charge in [0.05, 0.1) is 28.7 Å². The lowest BCUT2D eigenvalue weighted by Crippen LogP contribution is -2.06. The van der Waals surface area contributed by atoms with Crippen LogP contribution >= 0.6 is 0 Å². The third kappa shape index (κ3) is 3.67. The Morgan fingerprint density at radius 1 is 0.824 bits per heavy atom. The summed E-state index contributed by atoms with van der Waals surface area (Å²) in [5.74, 6) is 1.21. The van der Waals surface area contributed by atoms with Crippen LogP contribution in [0.3, 0.4) is 0 Å². The summed E-state index contributed by atoms with van der Waals surface area (Å²) >= 11 is 0. The predicted octanol–water partition coefficient (Wildman–Crippen LogP) is 4.54. The van der Waals surface area contributed by atoms with E-state index in [4.69, 9.17) is 9.97 Å². The number of H-pyrrole nitrogens is 2. The molecule has 6 aromatic rings. The average molecular weight is 445 g/mol. The summed E-state index contributed by atoms with van der Waals surface area (Å²) in [5.41, 5.74) is 5.33. The summed E-state index contributed by atoms with van der Waals surface area (Å²) in [6.45, 7) is 0.512. The molecule has 0 fully saturated rings. The zero-order valence-corrected chi connectivity index (χ0v) is 18.0. The van der Waals surface area contributed by atoms with Crippen molar-refractivity contribution in [3.05, 3.63) is 101 Å². The van der Waals surface area contributed by atoms with E-state index in [0.29, 0.717) is 34.9 Å². The first kappa shape index (κ1) is 19.8. The maximum Gasteiger partial charge on any atom is 0.325 e. The highest BCUT2D eigenvalue weighted by Crippen LogP contribution is 2.34. The molecule has 2 aromatic carbocycles. The van der Waals surface area contributed by atoms with Crippen molar-refractivity contribution in [3.63, 3.8) is 0 Å².